The van der Waals surface area contributed by atoms with E-state index >= 15 is 0 Å². The number of hydrogen-bond donors (Lipinski definition) is 2. The molecule has 2 N–H and O–H groups in total. The van der Waals surface area contributed by atoms with Gasteiger partial charge in [0.2, 0.25) is 0 Å². The highest BCUT2D eigenvalue weighted by Gasteiger charge is 2.13. The summed E-state index contributed by atoms with van der Waals surface area (Å²) in [6, 6.07) is 7.29. The Morgan fingerprint density at radius 1 is 0.711 bits per heavy atom. The van der Waals surface area contributed by atoms with E-state index in [-0.39, 0.29) is 11.9 Å². The largest absolute Gasteiger partial charge is 0.424 e. The Morgan fingerprint density at radius 2 is 1.18 bits per heavy atom. The molecule has 4 rings (SSSR count). The summed E-state index contributed by atoms with van der Waals surface area (Å²) < 4.78 is 12.3. The van der Waals surface area contributed by atoms with E-state index in [9.17, 15) is 9.59 Å². The van der Waals surface area contributed by atoms with Crippen LogP contribution in [0.3, 0.4) is 0 Å². The van der Waals surface area contributed by atoms with Crippen LogP contribution < -0.4 is 9.47 Å². The highest BCUT2D eigenvalue weighted by atomic mass is 79.9. The average Bonchev–Trinajstić information content (AvgIpc) is 3.43. The number of carbonyl (C=O) groups is 2. The first-order valence-electron chi connectivity index (χ1n) is 12.6. The summed E-state index contributed by atoms with van der Waals surface area (Å²) in [5.41, 5.74) is 1.70. The summed E-state index contributed by atoms with van der Waals surface area (Å²) in [4.78, 5) is 29.4. The monoisotopic (exact) mass is 686 g/mol. The fourth-order valence-corrected chi connectivity index (χ4v) is 4.79. The Labute approximate surface area is 249 Å². The van der Waals surface area contributed by atoms with Gasteiger partial charge in [0, 0.05) is 45.0 Å². The zero-order chi connectivity index (χ0) is 27.7. The number of halogens is 4. The Balaban J connectivity index is 0.000000215. The van der Waals surface area contributed by atoms with E-state index in [0.717, 1.165) is 50.0 Å². The maximum absolute atomic E-state index is 11.9. The minimum absolute atomic E-state index is 0.182. The van der Waals surface area contributed by atoms with Crippen molar-refractivity contribution in [1.29, 1.82) is 0 Å². The topological polar surface area (TPSA) is 84.2 Å². The van der Waals surface area contributed by atoms with Crippen molar-refractivity contribution in [2.24, 2.45) is 0 Å². The van der Waals surface area contributed by atoms with Crippen molar-refractivity contribution in [1.82, 2.24) is 9.97 Å². The van der Waals surface area contributed by atoms with Crippen molar-refractivity contribution < 1.29 is 19.1 Å². The molecule has 38 heavy (non-hydrogen) atoms. The van der Waals surface area contributed by atoms with Crippen LogP contribution in [0, 0.1) is 0 Å². The lowest BCUT2D eigenvalue weighted by Crippen LogP contribution is -2.07. The first-order chi connectivity index (χ1) is 18.2. The number of H-pyrrole nitrogens is 2. The molecule has 0 saturated carbocycles. The molecule has 6 nitrogen and oxygen atoms in total. The minimum atomic E-state index is -0.223. The van der Waals surface area contributed by atoms with Gasteiger partial charge in [-0.25, -0.2) is 0 Å². The third-order valence-corrected chi connectivity index (χ3v) is 8.15. The second kappa shape index (κ2) is 15.0. The average molecular weight is 689 g/mol. The van der Waals surface area contributed by atoms with E-state index in [4.69, 9.17) is 32.7 Å². The van der Waals surface area contributed by atoms with Gasteiger partial charge in [-0.05, 0) is 69.0 Å². The molecular formula is C28H30Br2Cl2N2O4. The van der Waals surface area contributed by atoms with Gasteiger partial charge in [0.25, 0.3) is 0 Å². The zero-order valence-corrected chi connectivity index (χ0v) is 25.9. The second-order valence-corrected chi connectivity index (χ2v) is 11.3. The molecule has 2 aromatic heterocycles. The number of aromatic nitrogens is 2. The molecule has 0 spiro atoms. The van der Waals surface area contributed by atoms with Crippen molar-refractivity contribution in [3.63, 3.8) is 0 Å². The van der Waals surface area contributed by atoms with Gasteiger partial charge < -0.3 is 19.4 Å². The van der Waals surface area contributed by atoms with Crippen molar-refractivity contribution in [2.75, 3.05) is 0 Å². The number of benzene rings is 2. The molecule has 0 radical (unpaired) electrons. The molecule has 2 heterocycles. The van der Waals surface area contributed by atoms with E-state index in [1.807, 2.05) is 25.1 Å². The van der Waals surface area contributed by atoms with Gasteiger partial charge in [-0.3, -0.25) is 9.59 Å². The van der Waals surface area contributed by atoms with Crippen molar-refractivity contribution in [3.8, 4) is 11.5 Å². The smallest absolute Gasteiger partial charge is 0.311 e. The zero-order valence-electron chi connectivity index (χ0n) is 21.3. The molecule has 0 saturated heterocycles. The second-order valence-electron chi connectivity index (χ2n) is 8.79. The van der Waals surface area contributed by atoms with Crippen LogP contribution >= 0.6 is 55.1 Å². The predicted octanol–water partition coefficient (Wildman–Crippen LogP) is 10.1. The molecule has 0 aliphatic carbocycles. The molecule has 0 atom stereocenters. The summed E-state index contributed by atoms with van der Waals surface area (Å²) >= 11 is 18.7. The van der Waals surface area contributed by atoms with Crippen LogP contribution in [-0.2, 0) is 9.59 Å². The van der Waals surface area contributed by atoms with Gasteiger partial charge in [0.15, 0.2) is 11.5 Å². The van der Waals surface area contributed by atoms with E-state index in [2.05, 4.69) is 48.8 Å². The number of unbranched alkanes of at least 4 members (excludes halogenated alkanes) is 4. The van der Waals surface area contributed by atoms with Gasteiger partial charge >= 0.3 is 11.9 Å². The maximum Gasteiger partial charge on any atom is 0.311 e. The standard InChI is InChI=1S/C16H19BrClNO2.C12H11BrClNO2/c1-2-3-4-5-6-7-16(20)21-15-10-19-14-9-13(18)12(17)8-11(14)15;1-2-3-12(16)17-11-6-15-10-5-9(14)8(13)4-7(10)11/h8-10,19H,2-7H2,1H3;4-6,15H,2-3H2,1H3. The van der Waals surface area contributed by atoms with Crippen LogP contribution in [0.5, 0.6) is 11.5 Å². The molecule has 204 valence electrons. The molecule has 10 heteroatoms. The van der Waals surface area contributed by atoms with Crippen LogP contribution in [0.2, 0.25) is 10.0 Å². The summed E-state index contributed by atoms with van der Waals surface area (Å²) in [6.07, 6.45) is 10.6. The highest BCUT2D eigenvalue weighted by Crippen LogP contribution is 2.34. The Bertz CT molecular complexity index is 1400. The summed E-state index contributed by atoms with van der Waals surface area (Å²) in [5, 5.41) is 2.93. The molecule has 2 aromatic carbocycles. The lowest BCUT2D eigenvalue weighted by atomic mass is 10.1. The lowest BCUT2D eigenvalue weighted by molar-refractivity contribution is -0.135. The normalized spacial score (nSPS) is 10.9. The van der Waals surface area contributed by atoms with Gasteiger partial charge in [-0.15, -0.1) is 0 Å². The number of nitrogens with one attached hydrogen (secondary N) is 2. The van der Waals surface area contributed by atoms with Crippen LogP contribution in [0.15, 0.2) is 45.6 Å². The molecule has 0 unspecified atom stereocenters. The number of rotatable bonds is 10. The number of carbonyl (C=O) groups excluding carboxylic acids is 2. The Hall–Kier alpha value is -2.00. The Morgan fingerprint density at radius 3 is 1.66 bits per heavy atom. The van der Waals surface area contributed by atoms with Crippen LogP contribution in [0.4, 0.5) is 0 Å². The van der Waals surface area contributed by atoms with E-state index in [1.165, 1.54) is 19.3 Å². The molecular weight excluding hydrogens is 659 g/mol. The van der Waals surface area contributed by atoms with Gasteiger partial charge in [0.05, 0.1) is 21.1 Å². The fourth-order valence-electron chi connectivity index (χ4n) is 3.78. The predicted molar refractivity (Wildman–Crippen MR) is 162 cm³/mol. The van der Waals surface area contributed by atoms with E-state index in [0.29, 0.717) is 34.4 Å². The quantitative estimate of drug-likeness (QED) is 0.128. The number of aromatic amines is 2. The molecule has 0 aliphatic heterocycles. The Kier molecular flexibility index (Phi) is 12.0. The molecule has 0 fully saturated rings. The summed E-state index contributed by atoms with van der Waals surface area (Å²) in [7, 11) is 0. The van der Waals surface area contributed by atoms with Crippen LogP contribution in [0.25, 0.3) is 21.8 Å². The molecule has 0 bridgehead atoms. The van der Waals surface area contributed by atoms with Gasteiger partial charge in [0.1, 0.15) is 0 Å². The first kappa shape index (κ1) is 30.5. The number of ether oxygens (including phenoxy) is 2. The number of hydrogen-bond acceptors (Lipinski definition) is 4. The van der Waals surface area contributed by atoms with Crippen molar-refractivity contribution in [2.45, 2.75) is 65.2 Å². The SMILES string of the molecule is CCCC(=O)Oc1c[nH]c2cc(Cl)c(Br)cc12.CCCCCCCC(=O)Oc1c[nH]c2cc(Cl)c(Br)cc12. The van der Waals surface area contributed by atoms with E-state index in [1.54, 1.807) is 18.5 Å². The van der Waals surface area contributed by atoms with E-state index < -0.39 is 0 Å². The number of esters is 2. The van der Waals surface area contributed by atoms with Gasteiger partial charge in [-0.1, -0.05) is 62.7 Å². The van der Waals surface area contributed by atoms with Crippen LogP contribution in [0.1, 0.15) is 65.2 Å². The third-order valence-electron chi connectivity index (χ3n) is 5.76. The fraction of sp³-hybridized carbons (Fsp3) is 0.357. The van der Waals surface area contributed by atoms with Crippen LogP contribution in [-0.4, -0.2) is 21.9 Å². The lowest BCUT2D eigenvalue weighted by Gasteiger charge is -2.04. The summed E-state index contributed by atoms with van der Waals surface area (Å²) in [6.45, 7) is 4.11. The minimum Gasteiger partial charge on any atom is -0.424 e. The first-order valence-corrected chi connectivity index (χ1v) is 14.9. The van der Waals surface area contributed by atoms with Crippen molar-refractivity contribution in [3.05, 3.63) is 55.6 Å². The highest BCUT2D eigenvalue weighted by molar-refractivity contribution is 9.10. The van der Waals surface area contributed by atoms with Gasteiger partial charge in [-0.2, -0.15) is 0 Å². The summed E-state index contributed by atoms with van der Waals surface area (Å²) in [5.74, 6) is 0.690. The molecule has 0 aliphatic rings. The number of fused-ring (bicyclic) bond motifs is 2. The van der Waals surface area contributed by atoms with Crippen molar-refractivity contribution >= 4 is 88.8 Å². The third kappa shape index (κ3) is 8.50. The maximum atomic E-state index is 11.9. The molecule has 0 amide bonds. The molecule has 4 aromatic rings.